The second kappa shape index (κ2) is 20.0. The minimum Gasteiger partial charge on any atom is -0.492 e. The first kappa shape index (κ1) is 51.2. The average Bonchev–Trinajstić information content (AvgIpc) is 3.88. The molecule has 0 saturated carbocycles. The summed E-state index contributed by atoms with van der Waals surface area (Å²) < 4.78 is 38.7. The number of benzene rings is 1. The quantitative estimate of drug-likeness (QED) is 0.153. The summed E-state index contributed by atoms with van der Waals surface area (Å²) in [6.07, 6.45) is 5.88. The van der Waals surface area contributed by atoms with Gasteiger partial charge in [0.15, 0.2) is 15.7 Å². The van der Waals surface area contributed by atoms with Crippen LogP contribution in [0.4, 0.5) is 22.2 Å². The van der Waals surface area contributed by atoms with Crippen LogP contribution in [0.25, 0.3) is 10.9 Å². The van der Waals surface area contributed by atoms with Crippen molar-refractivity contribution in [2.45, 2.75) is 134 Å². The Labute approximate surface area is 407 Å². The van der Waals surface area contributed by atoms with Crippen molar-refractivity contribution >= 4 is 68.0 Å². The molecule has 3 aromatic heterocycles. The number of rotatable bonds is 12. The summed E-state index contributed by atoms with van der Waals surface area (Å²) in [7, 11) is -2.50. The summed E-state index contributed by atoms with van der Waals surface area (Å²) >= 11 is 0. The number of hydrogen-bond acceptors (Lipinski definition) is 16. The van der Waals surface area contributed by atoms with Crippen molar-refractivity contribution in [3.8, 4) is 5.75 Å². The zero-order valence-electron chi connectivity index (χ0n) is 41.4. The van der Waals surface area contributed by atoms with E-state index in [4.69, 9.17) is 9.47 Å². The van der Waals surface area contributed by atoms with Gasteiger partial charge >= 0.3 is 12.1 Å². The molecule has 1 aromatic carbocycles. The average molecular weight is 989 g/mol. The van der Waals surface area contributed by atoms with Crippen LogP contribution in [-0.4, -0.2) is 162 Å². The highest BCUT2D eigenvalue weighted by atomic mass is 32.2. The number of carboxylic acid groups (broad SMARTS) is 1. The maximum absolute atomic E-state index is 14.1. The smallest absolute Gasteiger partial charge is 0.410 e. The molecule has 4 atom stereocenters. The molecule has 6 heterocycles. The molecule has 4 N–H and O–H groups in total. The Kier molecular flexibility index (Phi) is 14.6. The van der Waals surface area contributed by atoms with Crippen molar-refractivity contribution in [1.29, 1.82) is 0 Å². The first-order valence-electron chi connectivity index (χ1n) is 23.5. The second-order valence-corrected chi connectivity index (χ2v) is 23.0. The summed E-state index contributed by atoms with van der Waals surface area (Å²) in [5.41, 5.74) is 1.48. The monoisotopic (exact) mass is 988 g/mol. The SMILES string of the molecule is Cc1[nH]nc(Nc2ncnc3cc(OCC4CCN(c5cnc(C(=O)N6CC[C@H]7CC[C@@H](C(=O)O)N7C(=O)[C@@H](NC(=O)C(C)N(C)C(=O)OC(C)(C)C)C6)cn5)CC4)c(S(=O)(=O)C(C)(C)C)cc23)c1C. The molecule has 4 amide bonds. The largest absolute Gasteiger partial charge is 0.492 e. The van der Waals surface area contributed by atoms with Crippen LogP contribution in [0.3, 0.4) is 0 Å². The summed E-state index contributed by atoms with van der Waals surface area (Å²) in [6, 6.07) is -0.758. The number of amides is 4. The van der Waals surface area contributed by atoms with Crippen LogP contribution in [0.5, 0.6) is 5.75 Å². The molecule has 7 rings (SSSR count). The number of likely N-dealkylation sites (N-methyl/N-ethyl adjacent to an activating group) is 1. The Morgan fingerprint density at radius 2 is 1.66 bits per heavy atom. The van der Waals surface area contributed by atoms with Gasteiger partial charge < -0.3 is 39.9 Å². The summed E-state index contributed by atoms with van der Waals surface area (Å²) in [4.78, 5) is 90.7. The molecule has 378 valence electrons. The number of aliphatic carboxylic acids is 1. The number of piperidine rings is 1. The topological polar surface area (TPSA) is 275 Å². The number of carbonyl (C=O) groups excluding carboxylic acids is 4. The molecule has 3 saturated heterocycles. The number of carbonyl (C=O) groups is 5. The minimum absolute atomic E-state index is 0.0192. The summed E-state index contributed by atoms with van der Waals surface area (Å²) in [5.74, 6) is -1.20. The van der Waals surface area contributed by atoms with Crippen LogP contribution in [0, 0.1) is 19.8 Å². The summed E-state index contributed by atoms with van der Waals surface area (Å²) in [6.45, 7) is 16.6. The molecule has 23 heteroatoms. The van der Waals surface area contributed by atoms with Gasteiger partial charge in [0.25, 0.3) is 5.91 Å². The van der Waals surface area contributed by atoms with Crippen LogP contribution >= 0.6 is 0 Å². The Morgan fingerprint density at radius 1 is 0.943 bits per heavy atom. The van der Waals surface area contributed by atoms with Crippen LogP contribution in [0.15, 0.2) is 35.7 Å². The van der Waals surface area contributed by atoms with Crippen molar-refractivity contribution < 1.29 is 47.0 Å². The number of fused-ring (bicyclic) bond motifs is 2. The number of nitrogens with zero attached hydrogens (tertiary/aromatic N) is 9. The van der Waals surface area contributed by atoms with Crippen molar-refractivity contribution in [1.82, 2.24) is 50.1 Å². The lowest BCUT2D eigenvalue weighted by Crippen LogP contribution is -2.62. The number of H-pyrrole nitrogens is 1. The van der Waals surface area contributed by atoms with Gasteiger partial charge in [0.1, 0.15) is 58.0 Å². The van der Waals surface area contributed by atoms with E-state index in [0.717, 1.165) is 16.2 Å². The Bertz CT molecular complexity index is 2750. The van der Waals surface area contributed by atoms with Crippen molar-refractivity contribution in [3.05, 3.63) is 47.8 Å². The molecule has 0 spiro atoms. The van der Waals surface area contributed by atoms with E-state index >= 15 is 0 Å². The number of nitrogens with one attached hydrogen (secondary N) is 3. The number of aryl methyl sites for hydroxylation is 1. The maximum atomic E-state index is 14.1. The van der Waals surface area contributed by atoms with E-state index in [2.05, 4.69) is 40.8 Å². The van der Waals surface area contributed by atoms with Crippen molar-refractivity contribution in [3.63, 3.8) is 0 Å². The lowest BCUT2D eigenvalue weighted by Gasteiger charge is -2.38. The highest BCUT2D eigenvalue weighted by molar-refractivity contribution is 7.92. The molecule has 0 bridgehead atoms. The van der Waals surface area contributed by atoms with Gasteiger partial charge in [-0.2, -0.15) is 5.10 Å². The summed E-state index contributed by atoms with van der Waals surface area (Å²) in [5, 5.41) is 23.6. The third kappa shape index (κ3) is 10.9. The molecule has 3 aliphatic heterocycles. The standard InChI is InChI=1S/C47H64N12O10S/c1-26-27(2)54-55-39(26)53-40-31-19-37(70(66,67)47(7,8)9)36(20-32(31)50-25-51-40)68-24-29-13-16-57(17-14-29)38-22-48-33(21-49-38)42(61)58-18-15-30-11-12-35(44(63)64)59(30)43(62)34(23-58)52-41(60)28(3)56(10)45(65)69-46(4,5)6/h19-22,25,28-30,34-35H,11-18,23-24H2,1-10H3,(H,52,60)(H,63,64)(H2,50,51,53,54,55)/t28?,30-,34+,35+/m1/s1. The molecule has 22 nitrogen and oxygen atoms in total. The van der Waals surface area contributed by atoms with E-state index in [1.807, 2.05) is 18.7 Å². The zero-order chi connectivity index (χ0) is 51.0. The molecule has 0 aliphatic carbocycles. The fourth-order valence-electron chi connectivity index (χ4n) is 8.70. The molecule has 4 aromatic rings. The first-order chi connectivity index (χ1) is 32.8. The Hall–Kier alpha value is -6.65. The van der Waals surface area contributed by atoms with Gasteiger partial charge in [-0.25, -0.2) is 37.9 Å². The van der Waals surface area contributed by atoms with E-state index in [1.54, 1.807) is 53.7 Å². The number of ether oxygens (including phenoxy) is 2. The van der Waals surface area contributed by atoms with Crippen molar-refractivity contribution in [2.75, 3.05) is 50.1 Å². The third-order valence-electron chi connectivity index (χ3n) is 13.3. The second-order valence-electron chi connectivity index (χ2n) is 20.3. The number of anilines is 3. The van der Waals surface area contributed by atoms with Gasteiger partial charge in [-0.1, -0.05) is 0 Å². The van der Waals surface area contributed by atoms with Gasteiger partial charge in [-0.3, -0.25) is 24.4 Å². The van der Waals surface area contributed by atoms with E-state index in [-0.39, 0.29) is 48.4 Å². The number of aromatic amines is 1. The molecule has 3 aliphatic rings. The van der Waals surface area contributed by atoms with Crippen LogP contribution in [-0.2, 0) is 29.0 Å². The number of hydrogen-bond donors (Lipinski definition) is 4. The highest BCUT2D eigenvalue weighted by Gasteiger charge is 2.46. The zero-order valence-corrected chi connectivity index (χ0v) is 42.2. The Morgan fingerprint density at radius 3 is 2.27 bits per heavy atom. The van der Waals surface area contributed by atoms with Gasteiger partial charge in [-0.05, 0) is 106 Å². The number of carboxylic acids is 1. The van der Waals surface area contributed by atoms with E-state index in [1.165, 1.54) is 42.5 Å². The van der Waals surface area contributed by atoms with Crippen molar-refractivity contribution in [2.24, 2.45) is 5.92 Å². The predicted octanol–water partition coefficient (Wildman–Crippen LogP) is 4.40. The molecular formula is C47H64N12O10S. The van der Waals surface area contributed by atoms with E-state index in [9.17, 15) is 37.5 Å². The predicted molar refractivity (Wildman–Crippen MR) is 257 cm³/mol. The van der Waals surface area contributed by atoms with Gasteiger partial charge in [0, 0.05) is 55.4 Å². The first-order valence-corrected chi connectivity index (χ1v) is 24.9. The lowest BCUT2D eigenvalue weighted by molar-refractivity contribution is -0.152. The van der Waals surface area contributed by atoms with Gasteiger partial charge in [-0.15, -0.1) is 0 Å². The van der Waals surface area contributed by atoms with Crippen LogP contribution in [0.2, 0.25) is 0 Å². The fourth-order valence-corrected chi connectivity index (χ4v) is 10.0. The molecular weight excluding hydrogens is 925 g/mol. The van der Waals surface area contributed by atoms with E-state index < -0.39 is 74.1 Å². The van der Waals surface area contributed by atoms with Gasteiger partial charge in [0.2, 0.25) is 11.8 Å². The molecule has 1 unspecified atom stereocenters. The number of aromatic nitrogens is 6. The van der Waals surface area contributed by atoms with Gasteiger partial charge in [0.05, 0.1) is 35.8 Å². The minimum atomic E-state index is -3.89. The molecule has 3 fully saturated rings. The third-order valence-corrected chi connectivity index (χ3v) is 15.8. The van der Waals surface area contributed by atoms with E-state index in [0.29, 0.717) is 67.1 Å². The molecule has 0 radical (unpaired) electrons. The maximum Gasteiger partial charge on any atom is 0.410 e. The normalized spacial score (nSPS) is 19.8. The lowest BCUT2D eigenvalue weighted by atomic mass is 9.98. The Balaban J connectivity index is 1.01. The number of sulfone groups is 1. The highest BCUT2D eigenvalue weighted by Crippen LogP contribution is 2.38. The van der Waals surface area contributed by atoms with Crippen LogP contribution in [0.1, 0.15) is 102 Å². The molecule has 70 heavy (non-hydrogen) atoms. The van der Waals surface area contributed by atoms with Crippen LogP contribution < -0.4 is 20.3 Å². The fraction of sp³-hybridized carbons (Fsp3) is 0.574.